The third-order valence-electron chi connectivity index (χ3n) is 8.43. The molecule has 0 radical (unpaired) electrons. The fraction of sp³-hybridized carbons (Fsp3) is 0.417. The summed E-state index contributed by atoms with van der Waals surface area (Å²) in [6, 6.07) is 19.6. The minimum absolute atomic E-state index is 0.0285. The highest BCUT2D eigenvalue weighted by Crippen LogP contribution is 2.32. The van der Waals surface area contributed by atoms with Gasteiger partial charge in [-0.15, -0.1) is 0 Å². The van der Waals surface area contributed by atoms with Gasteiger partial charge < -0.3 is 28.6 Å². The number of ether oxygens (including phenoxy) is 3. The summed E-state index contributed by atoms with van der Waals surface area (Å²) in [5, 5.41) is 1.02. The van der Waals surface area contributed by atoms with Crippen LogP contribution < -0.4 is 15.0 Å². The van der Waals surface area contributed by atoms with Crippen LogP contribution in [0.3, 0.4) is 0 Å². The zero-order chi connectivity index (χ0) is 31.6. The maximum atomic E-state index is 13.5. The second kappa shape index (κ2) is 12.9. The quantitative estimate of drug-likeness (QED) is 0.252. The Balaban J connectivity index is 1.16. The molecule has 2 aliphatic rings. The van der Waals surface area contributed by atoms with Gasteiger partial charge in [0.2, 0.25) is 0 Å². The Hall–Kier alpha value is -4.37. The average molecular weight is 611 g/mol. The molecule has 4 aromatic rings. The molecule has 9 nitrogen and oxygen atoms in total. The van der Waals surface area contributed by atoms with Crippen molar-refractivity contribution in [3.05, 3.63) is 88.3 Å². The summed E-state index contributed by atoms with van der Waals surface area (Å²) in [5.74, 6) is 1.44. The van der Waals surface area contributed by atoms with Crippen LogP contribution in [-0.4, -0.2) is 69.9 Å². The maximum Gasteiger partial charge on any atom is 0.410 e. The number of pyridine rings is 2. The SMILES string of the molecule is Cc1ccc2c(-c3ccccn3)cc(=O)n(CCN3CCC(N(Cc4ccc5c(c4)OCCO5)C(=O)OC(C)(C)C)CC3)c2c1. The lowest BCUT2D eigenvalue weighted by Gasteiger charge is -2.39. The Morgan fingerprint density at radius 1 is 0.978 bits per heavy atom. The number of carbonyl (C=O) groups excluding carboxylic acids is 1. The molecule has 45 heavy (non-hydrogen) atoms. The van der Waals surface area contributed by atoms with E-state index in [4.69, 9.17) is 14.2 Å². The number of aromatic nitrogens is 2. The van der Waals surface area contributed by atoms with Gasteiger partial charge in [-0.2, -0.15) is 0 Å². The number of carbonyl (C=O) groups is 1. The summed E-state index contributed by atoms with van der Waals surface area (Å²) < 4.78 is 19.2. The summed E-state index contributed by atoms with van der Waals surface area (Å²) in [7, 11) is 0. The molecular weight excluding hydrogens is 568 g/mol. The van der Waals surface area contributed by atoms with Crippen molar-refractivity contribution in [1.82, 2.24) is 19.4 Å². The summed E-state index contributed by atoms with van der Waals surface area (Å²) in [4.78, 5) is 35.7. The molecule has 2 aromatic heterocycles. The first-order chi connectivity index (χ1) is 21.6. The van der Waals surface area contributed by atoms with E-state index in [0.717, 1.165) is 71.5 Å². The second-order valence-corrected chi connectivity index (χ2v) is 12.9. The van der Waals surface area contributed by atoms with E-state index in [1.165, 1.54) is 0 Å². The minimum Gasteiger partial charge on any atom is -0.486 e. The minimum atomic E-state index is -0.594. The number of hydrogen-bond donors (Lipinski definition) is 0. The van der Waals surface area contributed by atoms with E-state index in [0.29, 0.717) is 32.1 Å². The Morgan fingerprint density at radius 3 is 2.49 bits per heavy atom. The van der Waals surface area contributed by atoms with Gasteiger partial charge in [-0.05, 0) is 82.0 Å². The molecule has 4 heterocycles. The zero-order valence-electron chi connectivity index (χ0n) is 26.6. The molecule has 0 saturated carbocycles. The van der Waals surface area contributed by atoms with Crippen molar-refractivity contribution in [2.75, 3.05) is 32.8 Å². The van der Waals surface area contributed by atoms with E-state index in [2.05, 4.69) is 28.1 Å². The van der Waals surface area contributed by atoms with E-state index in [1.807, 2.05) is 73.6 Å². The topological polar surface area (TPSA) is 86.1 Å². The molecule has 9 heteroatoms. The Bertz CT molecular complexity index is 1720. The molecule has 0 N–H and O–H groups in total. The molecule has 0 unspecified atom stereocenters. The monoisotopic (exact) mass is 610 g/mol. The zero-order valence-corrected chi connectivity index (χ0v) is 26.6. The molecule has 0 bridgehead atoms. The van der Waals surface area contributed by atoms with Crippen molar-refractivity contribution in [3.63, 3.8) is 0 Å². The first kappa shape index (κ1) is 30.6. The van der Waals surface area contributed by atoms with Gasteiger partial charge >= 0.3 is 6.09 Å². The highest BCUT2D eigenvalue weighted by atomic mass is 16.6. The number of aryl methyl sites for hydroxylation is 1. The van der Waals surface area contributed by atoms with Crippen molar-refractivity contribution in [1.29, 1.82) is 0 Å². The van der Waals surface area contributed by atoms with Crippen LogP contribution in [0.2, 0.25) is 0 Å². The highest BCUT2D eigenvalue weighted by molar-refractivity contribution is 5.94. The Labute approximate surface area is 264 Å². The fourth-order valence-electron chi connectivity index (χ4n) is 6.20. The predicted octanol–water partition coefficient (Wildman–Crippen LogP) is 6.04. The number of fused-ring (bicyclic) bond motifs is 2. The molecule has 1 saturated heterocycles. The van der Waals surface area contributed by atoms with Crippen molar-refractivity contribution in [2.45, 2.75) is 65.3 Å². The molecule has 2 aliphatic heterocycles. The standard InChI is InChI=1S/C36H42N4O5/c1-25-8-10-28-29(30-7-5-6-14-37-30)23-34(41)39(31(28)21-25)18-17-38-15-12-27(13-16-38)40(35(42)45-36(2,3)4)24-26-9-11-32-33(22-26)44-20-19-43-32/h5-11,14,21-23,27H,12-13,15-20,24H2,1-4H3. The second-order valence-electron chi connectivity index (χ2n) is 12.9. The lowest BCUT2D eigenvalue weighted by Crippen LogP contribution is -2.49. The number of hydrogen-bond acceptors (Lipinski definition) is 7. The molecule has 0 atom stereocenters. The van der Waals surface area contributed by atoms with Crippen LogP contribution in [0.4, 0.5) is 4.79 Å². The van der Waals surface area contributed by atoms with Gasteiger partial charge in [0.05, 0.1) is 11.2 Å². The van der Waals surface area contributed by atoms with E-state index < -0.39 is 5.60 Å². The summed E-state index contributed by atoms with van der Waals surface area (Å²) in [6.45, 7) is 12.2. The third-order valence-corrected chi connectivity index (χ3v) is 8.43. The van der Waals surface area contributed by atoms with Crippen molar-refractivity contribution < 1.29 is 19.0 Å². The molecule has 0 spiro atoms. The Kier molecular flexibility index (Phi) is 8.81. The van der Waals surface area contributed by atoms with Crippen molar-refractivity contribution in [2.24, 2.45) is 0 Å². The van der Waals surface area contributed by atoms with Crippen molar-refractivity contribution >= 4 is 17.0 Å². The summed E-state index contributed by atoms with van der Waals surface area (Å²) >= 11 is 0. The van der Waals surface area contributed by atoms with Gasteiger partial charge in [0, 0.05) is 62.0 Å². The number of benzene rings is 2. The maximum absolute atomic E-state index is 13.5. The van der Waals surface area contributed by atoms with Crippen molar-refractivity contribution in [3.8, 4) is 22.8 Å². The van der Waals surface area contributed by atoms with Crippen LogP contribution >= 0.6 is 0 Å². The lowest BCUT2D eigenvalue weighted by molar-refractivity contribution is 0.00562. The number of piperidine rings is 1. The first-order valence-electron chi connectivity index (χ1n) is 15.8. The van der Waals surface area contributed by atoms with Crippen LogP contribution in [0.5, 0.6) is 11.5 Å². The summed E-state index contributed by atoms with van der Waals surface area (Å²) in [6.07, 6.45) is 3.08. The van der Waals surface area contributed by atoms with E-state index >= 15 is 0 Å². The number of amides is 1. The molecule has 2 aromatic carbocycles. The number of nitrogens with zero attached hydrogens (tertiary/aromatic N) is 4. The number of rotatable bonds is 7. The van der Waals surface area contributed by atoms with Crippen LogP contribution in [-0.2, 0) is 17.8 Å². The molecule has 1 amide bonds. The van der Waals surface area contributed by atoms with E-state index in [-0.39, 0.29) is 17.7 Å². The van der Waals surface area contributed by atoms with Gasteiger partial charge in [-0.3, -0.25) is 9.78 Å². The number of likely N-dealkylation sites (tertiary alicyclic amines) is 1. The largest absolute Gasteiger partial charge is 0.486 e. The lowest BCUT2D eigenvalue weighted by atomic mass is 10.0. The van der Waals surface area contributed by atoms with Crippen LogP contribution in [0.25, 0.3) is 22.2 Å². The summed E-state index contributed by atoms with van der Waals surface area (Å²) in [5.41, 5.74) is 4.03. The van der Waals surface area contributed by atoms with Crippen LogP contribution in [0.1, 0.15) is 44.7 Å². The molecule has 0 aliphatic carbocycles. The molecular formula is C36H42N4O5. The average Bonchev–Trinajstić information content (AvgIpc) is 3.02. The smallest absolute Gasteiger partial charge is 0.410 e. The van der Waals surface area contributed by atoms with Gasteiger partial charge in [0.1, 0.15) is 18.8 Å². The molecule has 236 valence electrons. The van der Waals surface area contributed by atoms with Gasteiger partial charge in [0.25, 0.3) is 5.56 Å². The van der Waals surface area contributed by atoms with Gasteiger partial charge in [-0.1, -0.05) is 24.3 Å². The third kappa shape index (κ3) is 7.14. The predicted molar refractivity (Wildman–Crippen MR) is 175 cm³/mol. The molecule has 6 rings (SSSR count). The first-order valence-corrected chi connectivity index (χ1v) is 15.8. The fourth-order valence-corrected chi connectivity index (χ4v) is 6.20. The highest BCUT2D eigenvalue weighted by Gasteiger charge is 2.31. The van der Waals surface area contributed by atoms with Gasteiger partial charge in [-0.25, -0.2) is 4.79 Å². The van der Waals surface area contributed by atoms with E-state index in [9.17, 15) is 9.59 Å². The van der Waals surface area contributed by atoms with E-state index in [1.54, 1.807) is 12.3 Å². The normalized spacial score (nSPS) is 15.6. The van der Waals surface area contributed by atoms with Crippen LogP contribution in [0.15, 0.2) is 71.7 Å². The Morgan fingerprint density at radius 2 is 1.76 bits per heavy atom. The van der Waals surface area contributed by atoms with Crippen LogP contribution in [0, 0.1) is 6.92 Å². The molecule has 1 fully saturated rings. The van der Waals surface area contributed by atoms with Gasteiger partial charge in [0.15, 0.2) is 11.5 Å².